The predicted molar refractivity (Wildman–Crippen MR) is 106 cm³/mol. The van der Waals surface area contributed by atoms with E-state index in [2.05, 4.69) is 0 Å². The first kappa shape index (κ1) is 70.8. The van der Waals surface area contributed by atoms with Crippen LogP contribution in [0.1, 0.15) is 27.7 Å². The van der Waals surface area contributed by atoms with Crippen molar-refractivity contribution in [2.24, 2.45) is 11.5 Å². The largest absolute Gasteiger partial charge is 0 e. The van der Waals surface area contributed by atoms with Crippen LogP contribution in [-0.2, 0) is 19.2 Å². The van der Waals surface area contributed by atoms with E-state index in [1.807, 2.05) is 0 Å². The van der Waals surface area contributed by atoms with Gasteiger partial charge in [0.25, 0.3) is 23.9 Å². The van der Waals surface area contributed by atoms with Crippen molar-refractivity contribution in [2.75, 3.05) is 13.1 Å². The number of nitrogens with two attached hydrogens (primary N) is 2. The summed E-state index contributed by atoms with van der Waals surface area (Å²) >= 11 is 0. The first-order chi connectivity index (χ1) is 8.84. The van der Waals surface area contributed by atoms with Gasteiger partial charge in [-0.25, -0.2) is 0 Å². The fraction of sp³-hybridized carbons (Fsp3) is 0.600. The molecule has 0 bridgehead atoms. The molecular weight excluding hydrogens is 400 g/mol. The molecule has 0 aromatic heterocycles. The maximum atomic E-state index is 9.00. The SMILES string of the molecule is CC(=O)O.CC(=O)O.CC(=O)O.CC(=O)O.NCCN.O.O.[NaH].[NaH].[NaH].[Na]. The summed E-state index contributed by atoms with van der Waals surface area (Å²) in [6.07, 6.45) is 0. The zero-order chi connectivity index (χ0) is 17.7. The molecule has 1 radical (unpaired) electrons. The Kier molecular flexibility index (Phi) is 195. The summed E-state index contributed by atoms with van der Waals surface area (Å²) in [5, 5.41) is 29.7. The van der Waals surface area contributed by atoms with Crippen LogP contribution in [0.25, 0.3) is 0 Å². The number of rotatable bonds is 1. The zero-order valence-corrected chi connectivity index (χ0v) is 16.0. The Balaban J connectivity index is -0.0000000114. The summed E-state index contributed by atoms with van der Waals surface area (Å²) in [6, 6.07) is 0. The van der Waals surface area contributed by atoms with Crippen molar-refractivity contribution in [3.63, 3.8) is 0 Å². The van der Waals surface area contributed by atoms with Crippen molar-refractivity contribution in [3.8, 4) is 0 Å². The fourth-order valence-corrected chi connectivity index (χ4v) is 0. The van der Waals surface area contributed by atoms with Gasteiger partial charge in [-0.1, -0.05) is 0 Å². The number of aliphatic carboxylic acids is 4. The molecule has 26 heavy (non-hydrogen) atoms. The minimum atomic E-state index is -0.833. The number of carboxylic acid groups (broad SMARTS) is 4. The van der Waals surface area contributed by atoms with Crippen LogP contribution in [0.2, 0.25) is 0 Å². The monoisotopic (exact) mass is 431 g/mol. The van der Waals surface area contributed by atoms with Crippen LogP contribution < -0.4 is 11.5 Å². The molecule has 16 heteroatoms. The van der Waals surface area contributed by atoms with Crippen LogP contribution in [0.5, 0.6) is 0 Å². The molecule has 0 aliphatic carbocycles. The van der Waals surface area contributed by atoms with Crippen molar-refractivity contribution < 1.29 is 50.6 Å². The molecule has 0 heterocycles. The van der Waals surface area contributed by atoms with Gasteiger partial charge in [0.15, 0.2) is 0 Å². The summed E-state index contributed by atoms with van der Waals surface area (Å²) in [6.45, 7) is 5.53. The van der Waals surface area contributed by atoms with Crippen LogP contribution >= 0.6 is 0 Å². The van der Waals surface area contributed by atoms with Gasteiger partial charge in [-0.3, -0.25) is 19.2 Å². The first-order valence-corrected chi connectivity index (χ1v) is 5.03. The molecule has 12 N–H and O–H groups in total. The maximum absolute atomic E-state index is 9.00. The fourth-order valence-electron chi connectivity index (χ4n) is 0. The number of carbonyl (C=O) groups is 4. The molecule has 0 saturated carbocycles. The van der Waals surface area contributed by atoms with Gasteiger partial charge in [0.05, 0.1) is 0 Å². The van der Waals surface area contributed by atoms with Gasteiger partial charge in [0.1, 0.15) is 0 Å². The topological polar surface area (TPSA) is 264 Å². The van der Waals surface area contributed by atoms with E-state index in [4.69, 9.17) is 51.1 Å². The predicted octanol–water partition coefficient (Wildman–Crippen LogP) is -4.71. The summed E-state index contributed by atoms with van der Waals surface area (Å²) in [5.74, 6) is -3.33. The third kappa shape index (κ3) is 2120. The van der Waals surface area contributed by atoms with E-state index in [-0.39, 0.29) is 129 Å². The Morgan fingerprint density at radius 2 is 0.615 bits per heavy atom. The summed E-state index contributed by atoms with van der Waals surface area (Å²) < 4.78 is 0. The summed E-state index contributed by atoms with van der Waals surface area (Å²) in [4.78, 5) is 36.0. The van der Waals surface area contributed by atoms with Crippen molar-refractivity contribution in [3.05, 3.63) is 0 Å². The van der Waals surface area contributed by atoms with Crippen molar-refractivity contribution >= 4 is 142 Å². The third-order valence-electron chi connectivity index (χ3n) is 0.167. The normalized spacial score (nSPS) is 5.00. The molecular formula is C10H31N2Na4O10. The Morgan fingerprint density at radius 3 is 0.615 bits per heavy atom. The molecule has 12 nitrogen and oxygen atoms in total. The van der Waals surface area contributed by atoms with Crippen LogP contribution in [0.4, 0.5) is 0 Å². The quantitative estimate of drug-likeness (QED) is 0.216. The Labute approximate surface area is 241 Å². The van der Waals surface area contributed by atoms with Gasteiger partial charge in [-0.15, -0.1) is 0 Å². The zero-order valence-electron chi connectivity index (χ0n) is 14.0. The molecule has 0 atom stereocenters. The standard InChI is InChI=1S/C2H8N2.4C2H4O2.4Na.2H2O.3H/c3-1-2-4;4*1-2(3)4;;;;;;;;;/h1-4H2;4*1H3,(H,3,4);;;;;2*1H2;;;. The summed E-state index contributed by atoms with van der Waals surface area (Å²) in [7, 11) is 0. The molecule has 0 amide bonds. The minimum Gasteiger partial charge on any atom is 0 e. The van der Waals surface area contributed by atoms with Gasteiger partial charge in [0, 0.05) is 70.3 Å². The Bertz CT molecular complexity index is 208. The van der Waals surface area contributed by atoms with Gasteiger partial charge in [-0.05, 0) is 0 Å². The Morgan fingerprint density at radius 1 is 0.577 bits per heavy atom. The summed E-state index contributed by atoms with van der Waals surface area (Å²) in [5.41, 5.74) is 9.81. The molecule has 0 aromatic carbocycles. The molecule has 0 saturated heterocycles. The molecule has 0 rings (SSSR count). The Hall–Kier alpha value is 1.72. The van der Waals surface area contributed by atoms with Gasteiger partial charge >= 0.3 is 88.7 Å². The minimum absolute atomic E-state index is 0. The smallest absolute Gasteiger partial charge is 0 e. The number of hydrogen-bond donors (Lipinski definition) is 6. The molecule has 0 aliphatic heterocycles. The first-order valence-electron chi connectivity index (χ1n) is 5.03. The third-order valence-corrected chi connectivity index (χ3v) is 0.167. The van der Waals surface area contributed by atoms with E-state index < -0.39 is 23.9 Å². The number of carboxylic acids is 4. The van der Waals surface area contributed by atoms with Gasteiger partial charge in [0.2, 0.25) is 0 Å². The molecule has 0 aromatic rings. The molecule has 0 spiro atoms. The average molecular weight is 431 g/mol. The molecule has 0 unspecified atom stereocenters. The van der Waals surface area contributed by atoms with E-state index in [1.165, 1.54) is 0 Å². The number of hydrogen-bond acceptors (Lipinski definition) is 6. The van der Waals surface area contributed by atoms with Gasteiger partial charge in [-0.2, -0.15) is 0 Å². The second kappa shape index (κ2) is 71.5. The molecule has 0 aliphatic rings. The van der Waals surface area contributed by atoms with Crippen LogP contribution in [0, 0.1) is 0 Å². The van der Waals surface area contributed by atoms with Crippen molar-refractivity contribution in [1.29, 1.82) is 0 Å². The van der Waals surface area contributed by atoms with Crippen LogP contribution in [0.3, 0.4) is 0 Å². The van der Waals surface area contributed by atoms with Crippen molar-refractivity contribution in [1.82, 2.24) is 0 Å². The second-order valence-electron chi connectivity index (χ2n) is 2.65. The van der Waals surface area contributed by atoms with Crippen LogP contribution in [-0.4, -0.2) is 187 Å². The van der Waals surface area contributed by atoms with Crippen LogP contribution in [0.15, 0.2) is 0 Å². The average Bonchev–Trinajstić information content (AvgIpc) is 2.13. The molecule has 145 valence electrons. The molecule has 0 fully saturated rings. The maximum Gasteiger partial charge on any atom is 0 e. The van der Waals surface area contributed by atoms with Crippen molar-refractivity contribution in [2.45, 2.75) is 27.7 Å². The van der Waals surface area contributed by atoms with E-state index in [1.54, 1.807) is 0 Å². The van der Waals surface area contributed by atoms with E-state index in [0.29, 0.717) is 13.1 Å². The van der Waals surface area contributed by atoms with E-state index >= 15 is 0 Å². The second-order valence-corrected chi connectivity index (χ2v) is 2.65. The van der Waals surface area contributed by atoms with E-state index in [9.17, 15) is 0 Å². The van der Waals surface area contributed by atoms with Gasteiger partial charge < -0.3 is 42.8 Å². The van der Waals surface area contributed by atoms with E-state index in [0.717, 1.165) is 27.7 Å².